The molecular formula is C23H21N5O2S. The number of rotatable bonds is 4. The van der Waals surface area contributed by atoms with Crippen LogP contribution in [0.4, 0.5) is 5.82 Å². The number of carbonyl (C=O) groups is 1. The summed E-state index contributed by atoms with van der Waals surface area (Å²) in [6.45, 7) is 2.68. The molecule has 1 saturated heterocycles. The fourth-order valence-electron chi connectivity index (χ4n) is 3.82. The standard InChI is InChI=1S/C23H21N5O2S/c1-30-18-9-5-8-17(14-18)23(29)28-12-10-27(11-13-28)22-21-20(24-15-25-22)19(26-31-21)16-6-3-2-4-7-16/h2-9,14-15H,10-13H2,1H3. The predicted molar refractivity (Wildman–Crippen MR) is 122 cm³/mol. The number of carbonyl (C=O) groups excluding carboxylic acids is 1. The van der Waals surface area contributed by atoms with E-state index in [1.54, 1.807) is 19.5 Å². The SMILES string of the molecule is COc1cccc(C(=O)N2CCN(c3ncnc4c(-c5ccccc5)nsc34)CC2)c1. The summed E-state index contributed by atoms with van der Waals surface area (Å²) in [5.41, 5.74) is 3.45. The molecule has 5 rings (SSSR count). The summed E-state index contributed by atoms with van der Waals surface area (Å²) in [4.78, 5) is 26.1. The number of hydrogen-bond donors (Lipinski definition) is 0. The quantitative estimate of drug-likeness (QED) is 0.490. The molecule has 2 aromatic heterocycles. The second-order valence-electron chi connectivity index (χ2n) is 7.28. The van der Waals surface area contributed by atoms with Crippen LogP contribution in [0, 0.1) is 0 Å². The van der Waals surface area contributed by atoms with Crippen LogP contribution < -0.4 is 9.64 Å². The number of anilines is 1. The van der Waals surface area contributed by atoms with E-state index in [1.807, 2.05) is 53.4 Å². The molecule has 1 fully saturated rings. The van der Waals surface area contributed by atoms with Gasteiger partial charge in [-0.05, 0) is 29.7 Å². The summed E-state index contributed by atoms with van der Waals surface area (Å²) >= 11 is 1.43. The van der Waals surface area contributed by atoms with Gasteiger partial charge >= 0.3 is 0 Å². The first-order valence-electron chi connectivity index (χ1n) is 10.1. The second-order valence-corrected chi connectivity index (χ2v) is 8.06. The number of methoxy groups -OCH3 is 1. The summed E-state index contributed by atoms with van der Waals surface area (Å²) in [6, 6.07) is 17.4. The Morgan fingerprint density at radius 1 is 1.00 bits per heavy atom. The molecular weight excluding hydrogens is 410 g/mol. The third kappa shape index (κ3) is 3.70. The van der Waals surface area contributed by atoms with E-state index >= 15 is 0 Å². The lowest BCUT2D eigenvalue weighted by Gasteiger charge is -2.35. The molecule has 8 heteroatoms. The van der Waals surface area contributed by atoms with Gasteiger partial charge in [-0.15, -0.1) is 0 Å². The number of ether oxygens (including phenoxy) is 1. The molecule has 31 heavy (non-hydrogen) atoms. The van der Waals surface area contributed by atoms with Gasteiger partial charge in [0.05, 0.1) is 7.11 Å². The van der Waals surface area contributed by atoms with Gasteiger partial charge in [0.1, 0.15) is 28.0 Å². The lowest BCUT2D eigenvalue weighted by molar-refractivity contribution is 0.0746. The lowest BCUT2D eigenvalue weighted by Crippen LogP contribution is -2.49. The van der Waals surface area contributed by atoms with E-state index in [9.17, 15) is 4.79 Å². The highest BCUT2D eigenvalue weighted by atomic mass is 32.1. The molecule has 0 N–H and O–H groups in total. The Kier molecular flexibility index (Phi) is 5.21. The molecule has 0 atom stereocenters. The van der Waals surface area contributed by atoms with Crippen molar-refractivity contribution in [2.24, 2.45) is 0 Å². The average Bonchev–Trinajstić information content (AvgIpc) is 3.29. The van der Waals surface area contributed by atoms with E-state index in [0.29, 0.717) is 37.5 Å². The van der Waals surface area contributed by atoms with Gasteiger partial charge in [-0.25, -0.2) is 9.97 Å². The fourth-order valence-corrected chi connectivity index (χ4v) is 4.70. The summed E-state index contributed by atoms with van der Waals surface area (Å²) in [6.07, 6.45) is 1.60. The zero-order chi connectivity index (χ0) is 21.2. The molecule has 1 aliphatic heterocycles. The van der Waals surface area contributed by atoms with Gasteiger partial charge in [-0.1, -0.05) is 36.4 Å². The van der Waals surface area contributed by atoms with Crippen molar-refractivity contribution in [3.63, 3.8) is 0 Å². The van der Waals surface area contributed by atoms with Gasteiger partial charge in [-0.2, -0.15) is 4.37 Å². The van der Waals surface area contributed by atoms with Crippen LogP contribution in [0.3, 0.4) is 0 Å². The van der Waals surface area contributed by atoms with E-state index < -0.39 is 0 Å². The highest BCUT2D eigenvalue weighted by Crippen LogP contribution is 2.34. The van der Waals surface area contributed by atoms with E-state index in [1.165, 1.54) is 11.5 Å². The molecule has 0 bridgehead atoms. The minimum absolute atomic E-state index is 0.0236. The lowest BCUT2D eigenvalue weighted by atomic mass is 10.1. The van der Waals surface area contributed by atoms with Gasteiger partial charge in [0.15, 0.2) is 5.82 Å². The molecule has 0 spiro atoms. The number of piperazine rings is 1. The number of aromatic nitrogens is 3. The topological polar surface area (TPSA) is 71.5 Å². The molecule has 2 aromatic carbocycles. The van der Waals surface area contributed by atoms with Crippen molar-refractivity contribution in [2.75, 3.05) is 38.2 Å². The van der Waals surface area contributed by atoms with E-state index in [0.717, 1.165) is 27.3 Å². The molecule has 156 valence electrons. The minimum atomic E-state index is 0.0236. The maximum absolute atomic E-state index is 12.9. The molecule has 4 aromatic rings. The smallest absolute Gasteiger partial charge is 0.254 e. The van der Waals surface area contributed by atoms with Gasteiger partial charge in [0.2, 0.25) is 0 Å². The van der Waals surface area contributed by atoms with Crippen LogP contribution in [0.5, 0.6) is 5.75 Å². The van der Waals surface area contributed by atoms with Gasteiger partial charge < -0.3 is 14.5 Å². The first kappa shape index (κ1) is 19.4. The predicted octanol–water partition coefficient (Wildman–Crippen LogP) is 3.72. The number of fused-ring (bicyclic) bond motifs is 1. The van der Waals surface area contributed by atoms with Gasteiger partial charge in [0, 0.05) is 37.3 Å². The highest BCUT2D eigenvalue weighted by molar-refractivity contribution is 7.14. The van der Waals surface area contributed by atoms with Crippen molar-refractivity contribution >= 4 is 33.5 Å². The van der Waals surface area contributed by atoms with Crippen molar-refractivity contribution in [3.8, 4) is 17.0 Å². The minimum Gasteiger partial charge on any atom is -0.497 e. The van der Waals surface area contributed by atoms with Gasteiger partial charge in [0.25, 0.3) is 5.91 Å². The van der Waals surface area contributed by atoms with Crippen LogP contribution in [0.25, 0.3) is 21.5 Å². The van der Waals surface area contributed by atoms with Crippen LogP contribution in [-0.2, 0) is 0 Å². The largest absolute Gasteiger partial charge is 0.497 e. The average molecular weight is 432 g/mol. The fraction of sp³-hybridized carbons (Fsp3) is 0.217. The molecule has 1 amide bonds. The first-order valence-corrected chi connectivity index (χ1v) is 10.9. The van der Waals surface area contributed by atoms with Crippen molar-refractivity contribution in [3.05, 3.63) is 66.5 Å². The molecule has 0 saturated carbocycles. The van der Waals surface area contributed by atoms with Crippen LogP contribution >= 0.6 is 11.5 Å². The Morgan fingerprint density at radius 2 is 1.81 bits per heavy atom. The Labute approximate surface area is 184 Å². The monoisotopic (exact) mass is 431 g/mol. The molecule has 0 radical (unpaired) electrons. The first-order chi connectivity index (χ1) is 15.2. The third-order valence-electron chi connectivity index (χ3n) is 5.47. The van der Waals surface area contributed by atoms with Crippen molar-refractivity contribution in [2.45, 2.75) is 0 Å². The Balaban J connectivity index is 1.35. The summed E-state index contributed by atoms with van der Waals surface area (Å²) < 4.78 is 10.9. The Hall–Kier alpha value is -3.52. The maximum atomic E-state index is 12.9. The highest BCUT2D eigenvalue weighted by Gasteiger charge is 2.25. The van der Waals surface area contributed by atoms with E-state index in [4.69, 9.17) is 4.74 Å². The number of amides is 1. The number of nitrogens with zero attached hydrogens (tertiary/aromatic N) is 5. The van der Waals surface area contributed by atoms with Crippen LogP contribution in [0.1, 0.15) is 10.4 Å². The van der Waals surface area contributed by atoms with Crippen molar-refractivity contribution in [1.82, 2.24) is 19.2 Å². The molecule has 0 aliphatic carbocycles. The molecule has 0 unspecified atom stereocenters. The number of hydrogen-bond acceptors (Lipinski definition) is 7. The zero-order valence-electron chi connectivity index (χ0n) is 17.1. The molecule has 3 heterocycles. The molecule has 7 nitrogen and oxygen atoms in total. The maximum Gasteiger partial charge on any atom is 0.254 e. The zero-order valence-corrected chi connectivity index (χ0v) is 17.9. The Morgan fingerprint density at radius 3 is 2.58 bits per heavy atom. The Bertz CT molecular complexity index is 1220. The second kappa shape index (κ2) is 8.31. The molecule has 1 aliphatic rings. The summed E-state index contributed by atoms with van der Waals surface area (Å²) in [7, 11) is 1.60. The number of benzene rings is 2. The summed E-state index contributed by atoms with van der Waals surface area (Å²) in [5, 5.41) is 0. The van der Waals surface area contributed by atoms with Crippen LogP contribution in [0.2, 0.25) is 0 Å². The summed E-state index contributed by atoms with van der Waals surface area (Å²) in [5.74, 6) is 1.60. The van der Waals surface area contributed by atoms with E-state index in [2.05, 4.69) is 19.2 Å². The third-order valence-corrected chi connectivity index (χ3v) is 6.30. The normalized spacial score (nSPS) is 14.1. The van der Waals surface area contributed by atoms with E-state index in [-0.39, 0.29) is 5.91 Å². The van der Waals surface area contributed by atoms with Crippen molar-refractivity contribution < 1.29 is 9.53 Å². The van der Waals surface area contributed by atoms with Gasteiger partial charge in [-0.3, -0.25) is 4.79 Å². The van der Waals surface area contributed by atoms with Crippen molar-refractivity contribution in [1.29, 1.82) is 0 Å². The van der Waals surface area contributed by atoms with Crippen LogP contribution in [0.15, 0.2) is 60.9 Å². The van der Waals surface area contributed by atoms with Crippen LogP contribution in [-0.4, -0.2) is 58.4 Å².